The topological polar surface area (TPSA) is 222 Å². The van der Waals surface area contributed by atoms with Crippen molar-refractivity contribution in [1.29, 1.82) is 0 Å². The summed E-state index contributed by atoms with van der Waals surface area (Å²) < 4.78 is 0. The molecule has 2 fully saturated rings. The summed E-state index contributed by atoms with van der Waals surface area (Å²) >= 11 is 9.66. The largest absolute Gasteiger partial charge is 0.391 e. The summed E-state index contributed by atoms with van der Waals surface area (Å²) in [6.45, 7) is 13.3. The van der Waals surface area contributed by atoms with Crippen LogP contribution in [0.5, 0.6) is 0 Å². The molecule has 18 heteroatoms. The van der Waals surface area contributed by atoms with Crippen molar-refractivity contribution in [3.05, 3.63) is 70.5 Å². The first kappa shape index (κ1) is 57.5. The van der Waals surface area contributed by atoms with E-state index in [2.05, 4.69) is 42.7 Å². The number of benzene rings is 2. The number of piperidine rings is 1. The van der Waals surface area contributed by atoms with Gasteiger partial charge in [-0.25, -0.2) is 15.0 Å². The van der Waals surface area contributed by atoms with Gasteiger partial charge in [0.25, 0.3) is 0 Å². The Balaban J connectivity index is 0.801. The fraction of sp³-hybridized carbons (Fsp3) is 0.582. The SMILES string of the molecule is Cc1ncsc1-c1ccc([C@H](C)NC(=O)[C@@H]2C[C@@H](O)CN2C(=O)[C@@H](NC(=O)CCCCCCCCCCCCCCC(=O)Nc2cccc(Sc3ncc(N4CCC(C)(N)CC4)nc3N)c2Cl)C(C)(C)C)cc1. The summed E-state index contributed by atoms with van der Waals surface area (Å²) in [5.41, 5.74) is 17.2. The van der Waals surface area contributed by atoms with E-state index in [1.165, 1.54) is 35.9 Å². The predicted molar refractivity (Wildman–Crippen MR) is 296 cm³/mol. The van der Waals surface area contributed by atoms with Gasteiger partial charge in [0.15, 0.2) is 5.82 Å². The number of nitrogen functional groups attached to an aromatic ring is 1. The van der Waals surface area contributed by atoms with E-state index in [0.717, 1.165) is 116 Å². The second-order valence-corrected chi connectivity index (χ2v) is 23.7. The Morgan fingerprint density at radius 3 is 2.07 bits per heavy atom. The average Bonchev–Trinajstić information content (AvgIpc) is 3.97. The molecule has 0 saturated carbocycles. The number of thiazole rings is 1. The van der Waals surface area contributed by atoms with Crippen LogP contribution in [0.2, 0.25) is 5.02 Å². The van der Waals surface area contributed by atoms with Crippen molar-refractivity contribution in [3.63, 3.8) is 0 Å². The Bertz CT molecular complexity index is 2450. The molecule has 2 aliphatic heterocycles. The van der Waals surface area contributed by atoms with E-state index < -0.39 is 23.6 Å². The number of β-amino-alcohol motifs (C(OH)–C–C–N with tert-alkyl or cyclic N) is 1. The Morgan fingerprint density at radius 1 is 0.890 bits per heavy atom. The highest BCUT2D eigenvalue weighted by molar-refractivity contribution is 7.99. The van der Waals surface area contributed by atoms with Crippen LogP contribution in [0, 0.1) is 12.3 Å². The molecule has 0 bridgehead atoms. The fourth-order valence-electron chi connectivity index (χ4n) is 9.45. The molecule has 4 amide bonds. The van der Waals surface area contributed by atoms with Crippen molar-refractivity contribution in [3.8, 4) is 10.4 Å². The number of hydrogen-bond donors (Lipinski definition) is 6. The van der Waals surface area contributed by atoms with Crippen LogP contribution < -0.4 is 32.3 Å². The molecule has 398 valence electrons. The predicted octanol–water partition coefficient (Wildman–Crippen LogP) is 10.4. The highest BCUT2D eigenvalue weighted by Crippen LogP contribution is 2.39. The van der Waals surface area contributed by atoms with Gasteiger partial charge in [0.05, 0.1) is 45.1 Å². The summed E-state index contributed by atoms with van der Waals surface area (Å²) in [7, 11) is 0. The monoisotopic (exact) mass is 1060 g/mol. The number of likely N-dealkylation sites (tertiary alicyclic amines) is 1. The standard InChI is InChI=1S/C55H79ClN10O5S2/c1-36(38-24-26-39(27-25-38)48-37(2)60-35-72-48)61-51(70)42-32-40(67)34-66(42)53(71)49(54(3,4)5)64-46(69)23-18-16-14-12-10-8-7-9-11-13-15-17-22-45(68)62-41-20-19-21-43(47(41)56)73-52-50(57)63-44(33-59-52)65-30-28-55(6,58)29-31-65/h19-21,24-27,33,35-36,40,42,49,67H,7-18,22-23,28-32,34,58H2,1-6H3,(H2,57,63)(H,61,70)(H,62,68)(H,64,69)/t36-,40+,42-,49+/m0/s1. The maximum absolute atomic E-state index is 14.1. The number of rotatable bonds is 25. The van der Waals surface area contributed by atoms with E-state index in [-0.39, 0.29) is 48.2 Å². The van der Waals surface area contributed by atoms with Gasteiger partial charge >= 0.3 is 0 Å². The molecule has 6 rings (SSSR count). The molecule has 15 nitrogen and oxygen atoms in total. The second-order valence-electron chi connectivity index (χ2n) is 21.5. The first-order valence-electron chi connectivity index (χ1n) is 26.3. The number of aliphatic hydroxyl groups excluding tert-OH is 1. The van der Waals surface area contributed by atoms with Gasteiger partial charge in [-0.2, -0.15) is 0 Å². The van der Waals surface area contributed by atoms with Crippen LogP contribution >= 0.6 is 34.7 Å². The van der Waals surface area contributed by atoms with Gasteiger partial charge in [-0.05, 0) is 75.1 Å². The number of anilines is 3. The van der Waals surface area contributed by atoms with Gasteiger partial charge in [-0.15, -0.1) is 11.3 Å². The maximum Gasteiger partial charge on any atom is 0.246 e. The Hall–Kier alpha value is -4.81. The van der Waals surface area contributed by atoms with Gasteiger partial charge in [0, 0.05) is 49.3 Å². The van der Waals surface area contributed by atoms with E-state index in [1.807, 2.05) is 76.5 Å². The number of nitrogens with zero attached hydrogens (tertiary/aromatic N) is 5. The van der Waals surface area contributed by atoms with Gasteiger partial charge in [0.2, 0.25) is 23.6 Å². The second kappa shape index (κ2) is 27.1. The van der Waals surface area contributed by atoms with E-state index in [0.29, 0.717) is 34.4 Å². The molecular weight excluding hydrogens is 980 g/mol. The molecule has 2 saturated heterocycles. The number of carbonyl (C=O) groups is 4. The van der Waals surface area contributed by atoms with Crippen molar-refractivity contribution < 1.29 is 24.3 Å². The number of carbonyl (C=O) groups excluding carboxylic acids is 4. The minimum atomic E-state index is -0.846. The number of nitrogens with two attached hydrogens (primary N) is 2. The molecule has 0 unspecified atom stereocenters. The van der Waals surface area contributed by atoms with Gasteiger partial charge < -0.3 is 42.3 Å². The molecule has 2 aromatic carbocycles. The molecule has 4 heterocycles. The van der Waals surface area contributed by atoms with Crippen LogP contribution in [0.4, 0.5) is 17.3 Å². The molecule has 2 aliphatic rings. The lowest BCUT2D eigenvalue weighted by molar-refractivity contribution is -0.144. The van der Waals surface area contributed by atoms with Crippen LogP contribution in [-0.4, -0.2) is 91.9 Å². The van der Waals surface area contributed by atoms with Crippen LogP contribution in [0.15, 0.2) is 64.1 Å². The van der Waals surface area contributed by atoms with Crippen LogP contribution in [0.3, 0.4) is 0 Å². The highest BCUT2D eigenvalue weighted by atomic mass is 35.5. The van der Waals surface area contributed by atoms with Gasteiger partial charge in [0.1, 0.15) is 22.9 Å². The smallest absolute Gasteiger partial charge is 0.246 e. The number of nitrogens with one attached hydrogen (secondary N) is 3. The summed E-state index contributed by atoms with van der Waals surface area (Å²) in [4.78, 5) is 72.8. The van der Waals surface area contributed by atoms with Crippen LogP contribution in [0.1, 0.15) is 161 Å². The first-order chi connectivity index (χ1) is 34.8. The average molecular weight is 1060 g/mol. The molecular formula is C55H79ClN10O5S2. The minimum Gasteiger partial charge on any atom is -0.391 e. The zero-order valence-corrected chi connectivity index (χ0v) is 46.2. The van der Waals surface area contributed by atoms with E-state index in [1.54, 1.807) is 23.6 Å². The van der Waals surface area contributed by atoms with E-state index in [4.69, 9.17) is 23.1 Å². The summed E-state index contributed by atoms with van der Waals surface area (Å²) in [6.07, 6.45) is 16.1. The van der Waals surface area contributed by atoms with Crippen molar-refractivity contribution in [2.45, 2.75) is 190 Å². The number of hydrogen-bond acceptors (Lipinski definition) is 13. The molecule has 0 radical (unpaired) electrons. The van der Waals surface area contributed by atoms with Crippen molar-refractivity contribution in [2.75, 3.05) is 35.6 Å². The molecule has 0 aliphatic carbocycles. The number of aromatic nitrogens is 3. The number of aryl methyl sites for hydroxylation is 1. The van der Waals surface area contributed by atoms with Crippen molar-refractivity contribution in [2.24, 2.45) is 11.1 Å². The number of halogens is 1. The van der Waals surface area contributed by atoms with Crippen molar-refractivity contribution >= 4 is 75.7 Å². The lowest BCUT2D eigenvalue weighted by Gasteiger charge is -2.37. The summed E-state index contributed by atoms with van der Waals surface area (Å²) in [6, 6.07) is 11.5. The minimum absolute atomic E-state index is 0.0337. The van der Waals surface area contributed by atoms with Crippen molar-refractivity contribution in [1.82, 2.24) is 30.5 Å². The lowest BCUT2D eigenvalue weighted by Crippen LogP contribution is -2.57. The van der Waals surface area contributed by atoms with E-state index in [9.17, 15) is 24.3 Å². The Morgan fingerprint density at radius 2 is 1.49 bits per heavy atom. The van der Waals surface area contributed by atoms with Gasteiger partial charge in [-0.1, -0.05) is 139 Å². The van der Waals surface area contributed by atoms with E-state index >= 15 is 0 Å². The molecule has 2 aromatic heterocycles. The zero-order chi connectivity index (χ0) is 52.7. The number of unbranched alkanes of at least 4 members (excludes halogenated alkanes) is 11. The third-order valence-corrected chi connectivity index (χ3v) is 16.6. The van der Waals surface area contributed by atoms with Crippen LogP contribution in [0.25, 0.3) is 10.4 Å². The molecule has 73 heavy (non-hydrogen) atoms. The summed E-state index contributed by atoms with van der Waals surface area (Å²) in [5.74, 6) is 0.145. The first-order valence-corrected chi connectivity index (χ1v) is 28.4. The third kappa shape index (κ3) is 17.1. The maximum atomic E-state index is 14.1. The number of amides is 4. The number of aliphatic hydroxyl groups is 1. The molecule has 4 aromatic rings. The quantitative estimate of drug-likeness (QED) is 0.0341. The molecule has 4 atom stereocenters. The molecule has 0 spiro atoms. The fourth-order valence-corrected chi connectivity index (χ4v) is 11.4. The summed E-state index contributed by atoms with van der Waals surface area (Å²) in [5, 5.41) is 20.7. The van der Waals surface area contributed by atoms with Crippen LogP contribution in [-0.2, 0) is 19.2 Å². The molecule has 8 N–H and O–H groups in total. The Labute approximate surface area is 446 Å². The third-order valence-electron chi connectivity index (χ3n) is 14.0. The normalized spacial score (nSPS) is 17.5. The Kier molecular flexibility index (Phi) is 21.3. The zero-order valence-electron chi connectivity index (χ0n) is 43.8. The lowest BCUT2D eigenvalue weighted by atomic mass is 9.85. The highest BCUT2D eigenvalue weighted by Gasteiger charge is 2.44. The van der Waals surface area contributed by atoms with Gasteiger partial charge in [-0.3, -0.25) is 19.2 Å².